The standard InChI is InChI=1S/C9H15N3O/c1-6-3-8(7(6)2)12-5-10-11-9(12)4-13/h5-8,13H,3-4H2,1-2H3. The van der Waals surface area contributed by atoms with Crippen LogP contribution in [0, 0.1) is 11.8 Å². The van der Waals surface area contributed by atoms with Gasteiger partial charge in [0, 0.05) is 6.04 Å². The molecule has 4 nitrogen and oxygen atoms in total. The van der Waals surface area contributed by atoms with Gasteiger partial charge in [0.25, 0.3) is 0 Å². The lowest BCUT2D eigenvalue weighted by Crippen LogP contribution is -2.35. The third-order valence-corrected chi connectivity index (χ3v) is 3.26. The van der Waals surface area contributed by atoms with Gasteiger partial charge >= 0.3 is 0 Å². The molecule has 3 unspecified atom stereocenters. The summed E-state index contributed by atoms with van der Waals surface area (Å²) in [7, 11) is 0. The first kappa shape index (κ1) is 8.69. The lowest BCUT2D eigenvalue weighted by molar-refractivity contribution is 0.104. The molecule has 0 radical (unpaired) electrons. The Morgan fingerprint density at radius 2 is 2.38 bits per heavy atom. The van der Waals surface area contributed by atoms with Crippen LogP contribution < -0.4 is 0 Å². The predicted molar refractivity (Wildman–Crippen MR) is 47.9 cm³/mol. The number of rotatable bonds is 2. The average molecular weight is 181 g/mol. The Labute approximate surface area is 77.6 Å². The topological polar surface area (TPSA) is 50.9 Å². The van der Waals surface area contributed by atoms with Gasteiger partial charge in [-0.25, -0.2) is 0 Å². The van der Waals surface area contributed by atoms with Crippen LogP contribution in [0.25, 0.3) is 0 Å². The van der Waals surface area contributed by atoms with Gasteiger partial charge in [0.05, 0.1) is 0 Å². The third kappa shape index (κ3) is 1.25. The molecule has 1 N–H and O–H groups in total. The predicted octanol–water partition coefficient (Wildman–Crippen LogP) is 0.987. The van der Waals surface area contributed by atoms with E-state index in [1.54, 1.807) is 6.33 Å². The molecule has 1 aliphatic carbocycles. The molecule has 0 amide bonds. The van der Waals surface area contributed by atoms with E-state index < -0.39 is 0 Å². The van der Waals surface area contributed by atoms with Crippen molar-refractivity contribution in [1.82, 2.24) is 14.8 Å². The van der Waals surface area contributed by atoms with E-state index in [9.17, 15) is 0 Å². The Morgan fingerprint density at radius 1 is 1.62 bits per heavy atom. The molecule has 2 rings (SSSR count). The minimum absolute atomic E-state index is 0.0163. The molecule has 0 spiro atoms. The van der Waals surface area contributed by atoms with Gasteiger partial charge in [0.2, 0.25) is 0 Å². The highest BCUT2D eigenvalue weighted by molar-refractivity contribution is 4.95. The summed E-state index contributed by atoms with van der Waals surface area (Å²) in [5.74, 6) is 2.13. The van der Waals surface area contributed by atoms with Gasteiger partial charge in [-0.15, -0.1) is 10.2 Å². The van der Waals surface area contributed by atoms with Crippen LogP contribution in [-0.4, -0.2) is 19.9 Å². The smallest absolute Gasteiger partial charge is 0.158 e. The summed E-state index contributed by atoms with van der Waals surface area (Å²) in [6.45, 7) is 4.47. The summed E-state index contributed by atoms with van der Waals surface area (Å²) in [6, 6.07) is 0.493. The molecule has 0 bridgehead atoms. The lowest BCUT2D eigenvalue weighted by Gasteiger charge is -2.41. The molecule has 4 heteroatoms. The second-order valence-electron chi connectivity index (χ2n) is 3.95. The molecule has 3 atom stereocenters. The monoisotopic (exact) mass is 181 g/mol. The summed E-state index contributed by atoms with van der Waals surface area (Å²) >= 11 is 0. The van der Waals surface area contributed by atoms with Crippen LogP contribution in [0.5, 0.6) is 0 Å². The number of hydrogen-bond acceptors (Lipinski definition) is 3. The zero-order valence-corrected chi connectivity index (χ0v) is 8.01. The normalized spacial score (nSPS) is 33.0. The summed E-state index contributed by atoms with van der Waals surface area (Å²) in [6.07, 6.45) is 2.89. The molecule has 13 heavy (non-hydrogen) atoms. The van der Waals surface area contributed by atoms with E-state index >= 15 is 0 Å². The Kier molecular flexibility index (Phi) is 2.07. The molecule has 1 aromatic rings. The van der Waals surface area contributed by atoms with Crippen LogP contribution in [0.4, 0.5) is 0 Å². The van der Waals surface area contributed by atoms with Crippen molar-refractivity contribution >= 4 is 0 Å². The Bertz CT molecular complexity index is 297. The number of aliphatic hydroxyl groups is 1. The van der Waals surface area contributed by atoms with Crippen LogP contribution in [0.2, 0.25) is 0 Å². The van der Waals surface area contributed by atoms with Crippen LogP contribution >= 0.6 is 0 Å². The van der Waals surface area contributed by atoms with E-state index in [-0.39, 0.29) is 6.61 Å². The highest BCUT2D eigenvalue weighted by Gasteiger charge is 2.36. The summed E-state index contributed by atoms with van der Waals surface area (Å²) in [5.41, 5.74) is 0. The Morgan fingerprint density at radius 3 is 2.92 bits per heavy atom. The summed E-state index contributed by atoms with van der Waals surface area (Å²) in [5, 5.41) is 16.7. The Balaban J connectivity index is 2.17. The second kappa shape index (κ2) is 3.10. The lowest BCUT2D eigenvalue weighted by atomic mass is 9.71. The zero-order valence-electron chi connectivity index (χ0n) is 8.01. The van der Waals surface area contributed by atoms with Crippen LogP contribution in [-0.2, 0) is 6.61 Å². The fraction of sp³-hybridized carbons (Fsp3) is 0.778. The number of nitrogens with zero attached hydrogens (tertiary/aromatic N) is 3. The van der Waals surface area contributed by atoms with E-state index in [0.29, 0.717) is 17.8 Å². The minimum atomic E-state index is -0.0163. The van der Waals surface area contributed by atoms with Gasteiger partial charge in [-0.1, -0.05) is 13.8 Å². The quantitative estimate of drug-likeness (QED) is 0.740. The van der Waals surface area contributed by atoms with Gasteiger partial charge in [-0.3, -0.25) is 0 Å². The molecule has 0 aliphatic heterocycles. The minimum Gasteiger partial charge on any atom is -0.388 e. The SMILES string of the molecule is CC1CC(n2cnnc2CO)C1C. The molecule has 1 saturated carbocycles. The van der Waals surface area contributed by atoms with E-state index in [1.807, 2.05) is 4.57 Å². The van der Waals surface area contributed by atoms with Crippen molar-refractivity contribution in [3.05, 3.63) is 12.2 Å². The average Bonchev–Trinajstić information content (AvgIpc) is 2.60. The maximum absolute atomic E-state index is 9.00. The maximum atomic E-state index is 9.00. The molecule has 0 aromatic carbocycles. The van der Waals surface area contributed by atoms with Crippen LogP contribution in [0.3, 0.4) is 0 Å². The van der Waals surface area contributed by atoms with Crippen LogP contribution in [0.1, 0.15) is 32.1 Å². The highest BCUT2D eigenvalue weighted by atomic mass is 16.3. The fourth-order valence-corrected chi connectivity index (χ4v) is 2.02. The molecular formula is C9H15N3O. The van der Waals surface area contributed by atoms with Gasteiger partial charge in [0.1, 0.15) is 12.9 Å². The zero-order chi connectivity index (χ0) is 9.42. The van der Waals surface area contributed by atoms with E-state index in [2.05, 4.69) is 24.0 Å². The molecule has 1 aromatic heterocycles. The fourth-order valence-electron chi connectivity index (χ4n) is 2.02. The van der Waals surface area contributed by atoms with Crippen molar-refractivity contribution in [3.63, 3.8) is 0 Å². The van der Waals surface area contributed by atoms with Crippen molar-refractivity contribution in [1.29, 1.82) is 0 Å². The van der Waals surface area contributed by atoms with E-state index in [4.69, 9.17) is 5.11 Å². The molecule has 1 heterocycles. The van der Waals surface area contributed by atoms with Crippen molar-refractivity contribution in [2.75, 3.05) is 0 Å². The number of aromatic nitrogens is 3. The highest BCUT2D eigenvalue weighted by Crippen LogP contribution is 2.43. The van der Waals surface area contributed by atoms with Crippen LogP contribution in [0.15, 0.2) is 6.33 Å². The van der Waals surface area contributed by atoms with E-state index in [0.717, 1.165) is 5.92 Å². The maximum Gasteiger partial charge on any atom is 0.158 e. The van der Waals surface area contributed by atoms with E-state index in [1.165, 1.54) is 6.42 Å². The summed E-state index contributed by atoms with van der Waals surface area (Å²) in [4.78, 5) is 0. The van der Waals surface area contributed by atoms with Gasteiger partial charge in [-0.2, -0.15) is 0 Å². The van der Waals surface area contributed by atoms with Gasteiger partial charge in [-0.05, 0) is 18.3 Å². The molecule has 72 valence electrons. The number of hydrogen-bond donors (Lipinski definition) is 1. The first-order valence-corrected chi connectivity index (χ1v) is 4.73. The van der Waals surface area contributed by atoms with Crippen molar-refractivity contribution in [2.24, 2.45) is 11.8 Å². The number of aliphatic hydroxyl groups excluding tert-OH is 1. The third-order valence-electron chi connectivity index (χ3n) is 3.26. The van der Waals surface area contributed by atoms with Crippen molar-refractivity contribution in [3.8, 4) is 0 Å². The van der Waals surface area contributed by atoms with Gasteiger partial charge in [0.15, 0.2) is 5.82 Å². The Hall–Kier alpha value is -0.900. The molecular weight excluding hydrogens is 166 g/mol. The summed E-state index contributed by atoms with van der Waals surface area (Å²) < 4.78 is 2.00. The van der Waals surface area contributed by atoms with Crippen molar-refractivity contribution in [2.45, 2.75) is 32.9 Å². The molecule has 1 fully saturated rings. The molecule has 0 saturated heterocycles. The van der Waals surface area contributed by atoms with Gasteiger partial charge < -0.3 is 9.67 Å². The first-order chi connectivity index (χ1) is 6.24. The second-order valence-corrected chi connectivity index (χ2v) is 3.95. The first-order valence-electron chi connectivity index (χ1n) is 4.73. The molecule has 1 aliphatic rings. The largest absolute Gasteiger partial charge is 0.388 e. The van der Waals surface area contributed by atoms with Crippen molar-refractivity contribution < 1.29 is 5.11 Å².